The average molecular weight is 294 g/mol. The van der Waals surface area contributed by atoms with Crippen molar-refractivity contribution in [3.05, 3.63) is 34.5 Å². The normalized spacial score (nSPS) is 15.6. The van der Waals surface area contributed by atoms with E-state index in [-0.39, 0.29) is 11.8 Å². The highest BCUT2D eigenvalue weighted by atomic mass is 32.1. The molecule has 1 fully saturated rings. The van der Waals surface area contributed by atoms with E-state index in [9.17, 15) is 14.4 Å². The summed E-state index contributed by atoms with van der Waals surface area (Å²) >= 11 is 1.39. The highest BCUT2D eigenvalue weighted by Gasteiger charge is 2.24. The zero-order valence-corrected chi connectivity index (χ0v) is 11.5. The number of carboxylic acids is 1. The van der Waals surface area contributed by atoms with Crippen molar-refractivity contribution in [2.45, 2.75) is 0 Å². The molecule has 2 amide bonds. The third kappa shape index (κ3) is 3.45. The van der Waals surface area contributed by atoms with Crippen LogP contribution in [0.5, 0.6) is 0 Å². The number of thiophene rings is 1. The second-order valence-electron chi connectivity index (χ2n) is 4.27. The molecule has 2 rings (SSSR count). The van der Waals surface area contributed by atoms with Crippen molar-refractivity contribution in [2.75, 3.05) is 26.2 Å². The minimum absolute atomic E-state index is 0.0202. The van der Waals surface area contributed by atoms with Gasteiger partial charge in [0.15, 0.2) is 0 Å². The smallest absolute Gasteiger partial charge is 0.328 e. The second-order valence-corrected chi connectivity index (χ2v) is 5.21. The lowest BCUT2D eigenvalue weighted by Gasteiger charge is -2.34. The lowest BCUT2D eigenvalue weighted by molar-refractivity contribution is -0.132. The molecule has 6 nitrogen and oxygen atoms in total. The highest BCUT2D eigenvalue weighted by molar-refractivity contribution is 7.12. The molecule has 7 heteroatoms. The number of piperazine rings is 1. The number of carboxylic acid groups (broad SMARTS) is 1. The molecular weight excluding hydrogens is 280 g/mol. The number of carbonyl (C=O) groups excluding carboxylic acids is 2. The predicted molar refractivity (Wildman–Crippen MR) is 73.6 cm³/mol. The molecule has 1 aliphatic heterocycles. The molecule has 0 bridgehead atoms. The first-order valence-corrected chi connectivity index (χ1v) is 6.98. The summed E-state index contributed by atoms with van der Waals surface area (Å²) in [5, 5.41) is 10.3. The van der Waals surface area contributed by atoms with Crippen LogP contribution in [0, 0.1) is 0 Å². The standard InChI is InChI=1S/C13H14N2O4S/c16-11(3-4-12(17)18)14-5-7-15(8-6-14)13(19)10-2-1-9-20-10/h1-4,9H,5-8H2,(H,17,18)/b4-3+. The van der Waals surface area contributed by atoms with E-state index in [1.165, 1.54) is 16.2 Å². The van der Waals surface area contributed by atoms with Crippen LogP contribution in [0.25, 0.3) is 0 Å². The van der Waals surface area contributed by atoms with E-state index in [0.717, 1.165) is 12.2 Å². The Bertz CT molecular complexity index is 531. The quantitative estimate of drug-likeness (QED) is 0.831. The Morgan fingerprint density at radius 1 is 1.10 bits per heavy atom. The topological polar surface area (TPSA) is 77.9 Å². The molecule has 0 spiro atoms. The van der Waals surface area contributed by atoms with Gasteiger partial charge in [0, 0.05) is 38.3 Å². The molecule has 0 saturated carbocycles. The summed E-state index contributed by atoms with van der Waals surface area (Å²) in [7, 11) is 0. The Labute approximate surface area is 119 Å². The summed E-state index contributed by atoms with van der Waals surface area (Å²) in [6.07, 6.45) is 1.87. The molecule has 0 aliphatic carbocycles. The summed E-state index contributed by atoms with van der Waals surface area (Å²) in [5.41, 5.74) is 0. The van der Waals surface area contributed by atoms with Crippen LogP contribution >= 0.6 is 11.3 Å². The van der Waals surface area contributed by atoms with Gasteiger partial charge in [-0.15, -0.1) is 11.3 Å². The van der Waals surface area contributed by atoms with Crippen LogP contribution in [0.2, 0.25) is 0 Å². The van der Waals surface area contributed by atoms with Gasteiger partial charge in [0.2, 0.25) is 5.91 Å². The molecule has 106 valence electrons. The average Bonchev–Trinajstić information content (AvgIpc) is 2.98. The first-order valence-electron chi connectivity index (χ1n) is 6.10. The minimum Gasteiger partial charge on any atom is -0.478 e. The molecular formula is C13H14N2O4S. The van der Waals surface area contributed by atoms with Crippen molar-refractivity contribution < 1.29 is 19.5 Å². The maximum Gasteiger partial charge on any atom is 0.328 e. The van der Waals surface area contributed by atoms with Crippen LogP contribution in [-0.4, -0.2) is 58.9 Å². The van der Waals surface area contributed by atoms with E-state index in [4.69, 9.17) is 5.11 Å². The van der Waals surface area contributed by atoms with Crippen molar-refractivity contribution in [3.8, 4) is 0 Å². The predicted octanol–water partition coefficient (Wildman–Crippen LogP) is 0.673. The minimum atomic E-state index is -1.15. The van der Waals surface area contributed by atoms with Crippen molar-refractivity contribution in [1.29, 1.82) is 0 Å². The maximum atomic E-state index is 12.1. The number of nitrogens with zero attached hydrogens (tertiary/aromatic N) is 2. The third-order valence-corrected chi connectivity index (χ3v) is 3.84. The van der Waals surface area contributed by atoms with Crippen LogP contribution in [0.3, 0.4) is 0 Å². The largest absolute Gasteiger partial charge is 0.478 e. The summed E-state index contributed by atoms with van der Waals surface area (Å²) in [6, 6.07) is 3.61. The fourth-order valence-electron chi connectivity index (χ4n) is 1.93. The summed E-state index contributed by atoms with van der Waals surface area (Å²) in [5.74, 6) is -1.51. The Balaban J connectivity index is 1.88. The number of rotatable bonds is 3. The van der Waals surface area contributed by atoms with Gasteiger partial charge in [-0.25, -0.2) is 4.79 Å². The summed E-state index contributed by atoms with van der Waals surface area (Å²) in [4.78, 5) is 38.1. The number of amides is 2. The lowest BCUT2D eigenvalue weighted by atomic mass is 10.2. The molecule has 2 heterocycles. The Kier molecular flexibility index (Phi) is 4.52. The first-order chi connectivity index (χ1) is 9.58. The number of hydrogen-bond donors (Lipinski definition) is 1. The molecule has 20 heavy (non-hydrogen) atoms. The van der Waals surface area contributed by atoms with Gasteiger partial charge in [-0.2, -0.15) is 0 Å². The van der Waals surface area contributed by atoms with E-state index in [1.54, 1.807) is 11.0 Å². The molecule has 0 atom stereocenters. The van der Waals surface area contributed by atoms with E-state index in [1.807, 2.05) is 11.4 Å². The van der Waals surface area contributed by atoms with Crippen LogP contribution < -0.4 is 0 Å². The van der Waals surface area contributed by atoms with Gasteiger partial charge in [-0.3, -0.25) is 9.59 Å². The molecule has 1 saturated heterocycles. The fraction of sp³-hybridized carbons (Fsp3) is 0.308. The molecule has 1 aromatic rings. The van der Waals surface area contributed by atoms with Gasteiger partial charge in [0.05, 0.1) is 4.88 Å². The van der Waals surface area contributed by atoms with Gasteiger partial charge in [-0.1, -0.05) is 6.07 Å². The highest BCUT2D eigenvalue weighted by Crippen LogP contribution is 2.13. The van der Waals surface area contributed by atoms with Crippen molar-refractivity contribution in [2.24, 2.45) is 0 Å². The third-order valence-electron chi connectivity index (χ3n) is 2.98. The van der Waals surface area contributed by atoms with Crippen molar-refractivity contribution in [1.82, 2.24) is 9.80 Å². The first kappa shape index (κ1) is 14.3. The second kappa shape index (κ2) is 6.33. The SMILES string of the molecule is O=C(O)/C=C/C(=O)N1CCN(C(=O)c2cccs2)CC1. The Morgan fingerprint density at radius 3 is 2.30 bits per heavy atom. The van der Waals surface area contributed by atoms with Crippen LogP contribution in [0.15, 0.2) is 29.7 Å². The zero-order valence-electron chi connectivity index (χ0n) is 10.7. The van der Waals surface area contributed by atoms with Gasteiger partial charge < -0.3 is 14.9 Å². The number of aliphatic carboxylic acids is 1. The monoisotopic (exact) mass is 294 g/mol. The summed E-state index contributed by atoms with van der Waals surface area (Å²) < 4.78 is 0. The maximum absolute atomic E-state index is 12.1. The van der Waals surface area contributed by atoms with Crippen LogP contribution in [0.1, 0.15) is 9.67 Å². The van der Waals surface area contributed by atoms with Gasteiger partial charge in [0.25, 0.3) is 5.91 Å². The van der Waals surface area contributed by atoms with E-state index in [0.29, 0.717) is 31.1 Å². The summed E-state index contributed by atoms with van der Waals surface area (Å²) in [6.45, 7) is 1.76. The molecule has 0 unspecified atom stereocenters. The zero-order chi connectivity index (χ0) is 14.5. The van der Waals surface area contributed by atoms with Crippen LogP contribution in [-0.2, 0) is 9.59 Å². The number of hydrogen-bond acceptors (Lipinski definition) is 4. The van der Waals surface area contributed by atoms with E-state index in [2.05, 4.69) is 0 Å². The van der Waals surface area contributed by atoms with Gasteiger partial charge >= 0.3 is 5.97 Å². The molecule has 1 aliphatic rings. The fourth-order valence-corrected chi connectivity index (χ4v) is 2.62. The molecule has 0 radical (unpaired) electrons. The van der Waals surface area contributed by atoms with E-state index < -0.39 is 5.97 Å². The van der Waals surface area contributed by atoms with Crippen molar-refractivity contribution >= 4 is 29.1 Å². The van der Waals surface area contributed by atoms with Gasteiger partial charge in [-0.05, 0) is 11.4 Å². The lowest BCUT2D eigenvalue weighted by Crippen LogP contribution is -2.50. The molecule has 1 aromatic heterocycles. The number of carbonyl (C=O) groups is 3. The Morgan fingerprint density at radius 2 is 1.75 bits per heavy atom. The molecule has 0 aromatic carbocycles. The Hall–Kier alpha value is -2.15. The van der Waals surface area contributed by atoms with Gasteiger partial charge in [0.1, 0.15) is 0 Å². The van der Waals surface area contributed by atoms with Crippen LogP contribution in [0.4, 0.5) is 0 Å². The van der Waals surface area contributed by atoms with Crippen molar-refractivity contribution in [3.63, 3.8) is 0 Å². The molecule has 1 N–H and O–H groups in total. The van der Waals surface area contributed by atoms with E-state index >= 15 is 0 Å².